The Morgan fingerprint density at radius 3 is 2.26 bits per heavy atom. The number of rotatable bonds is 4. The van der Waals surface area contributed by atoms with Gasteiger partial charge in [0, 0.05) is 6.04 Å². The molecule has 4 nitrogen and oxygen atoms in total. The number of nitrogens with one attached hydrogen (secondary N) is 1. The number of hydrogen-bond acceptors (Lipinski definition) is 2. The zero-order valence-electron chi connectivity index (χ0n) is 13.1. The second-order valence-corrected chi connectivity index (χ2v) is 6.62. The van der Waals surface area contributed by atoms with E-state index in [0.717, 1.165) is 12.8 Å². The van der Waals surface area contributed by atoms with E-state index in [1.54, 1.807) is 0 Å². The van der Waals surface area contributed by atoms with Gasteiger partial charge in [0.15, 0.2) is 0 Å². The van der Waals surface area contributed by atoms with Gasteiger partial charge < -0.3 is 10.2 Å². The predicted molar refractivity (Wildman–Crippen MR) is 76.7 cm³/mol. The molecule has 1 heterocycles. The molecule has 0 spiro atoms. The van der Waals surface area contributed by atoms with Crippen LogP contribution in [0.4, 0.5) is 0 Å². The minimum atomic E-state index is -0.372. The molecule has 19 heavy (non-hydrogen) atoms. The Hall–Kier alpha value is -1.06. The van der Waals surface area contributed by atoms with Crippen LogP contribution in [0.5, 0.6) is 0 Å². The van der Waals surface area contributed by atoms with Crippen LogP contribution >= 0.6 is 0 Å². The topological polar surface area (TPSA) is 49.4 Å². The molecule has 0 aromatic heterocycles. The molecule has 4 heteroatoms. The van der Waals surface area contributed by atoms with Crippen LogP contribution in [0.15, 0.2) is 0 Å². The van der Waals surface area contributed by atoms with Gasteiger partial charge in [-0.25, -0.2) is 0 Å². The highest BCUT2D eigenvalue weighted by Crippen LogP contribution is 2.30. The van der Waals surface area contributed by atoms with Crippen LogP contribution in [-0.4, -0.2) is 34.8 Å². The van der Waals surface area contributed by atoms with Crippen molar-refractivity contribution in [2.75, 3.05) is 0 Å². The van der Waals surface area contributed by atoms with Gasteiger partial charge in [-0.3, -0.25) is 9.59 Å². The van der Waals surface area contributed by atoms with Gasteiger partial charge in [0.25, 0.3) is 0 Å². The fourth-order valence-corrected chi connectivity index (χ4v) is 2.71. The van der Waals surface area contributed by atoms with E-state index in [0.29, 0.717) is 6.42 Å². The molecule has 1 rings (SSSR count). The van der Waals surface area contributed by atoms with Gasteiger partial charge >= 0.3 is 0 Å². The van der Waals surface area contributed by atoms with Gasteiger partial charge in [0.1, 0.15) is 12.1 Å². The highest BCUT2D eigenvalue weighted by molar-refractivity contribution is 5.97. The van der Waals surface area contributed by atoms with E-state index < -0.39 is 0 Å². The highest BCUT2D eigenvalue weighted by atomic mass is 16.2. The lowest BCUT2D eigenvalue weighted by atomic mass is 9.82. The van der Waals surface area contributed by atoms with Gasteiger partial charge in [-0.15, -0.1) is 0 Å². The number of hydrogen-bond donors (Lipinski definition) is 1. The van der Waals surface area contributed by atoms with Gasteiger partial charge in [0.05, 0.1) is 0 Å². The van der Waals surface area contributed by atoms with Crippen molar-refractivity contribution in [3.63, 3.8) is 0 Å². The van der Waals surface area contributed by atoms with Gasteiger partial charge in [-0.1, -0.05) is 41.0 Å². The number of carbonyl (C=O) groups excluding carboxylic acids is 2. The summed E-state index contributed by atoms with van der Waals surface area (Å²) in [6, 6.07) is -0.615. The van der Waals surface area contributed by atoms with Crippen LogP contribution in [0.25, 0.3) is 0 Å². The van der Waals surface area contributed by atoms with Crippen molar-refractivity contribution in [1.82, 2.24) is 10.2 Å². The van der Waals surface area contributed by atoms with Crippen molar-refractivity contribution >= 4 is 11.8 Å². The molecule has 0 radical (unpaired) electrons. The average Bonchev–Trinajstić information content (AvgIpc) is 2.30. The van der Waals surface area contributed by atoms with Crippen molar-refractivity contribution < 1.29 is 9.59 Å². The maximum atomic E-state index is 12.6. The third kappa shape index (κ3) is 3.28. The molecule has 3 atom stereocenters. The summed E-state index contributed by atoms with van der Waals surface area (Å²) in [4.78, 5) is 26.8. The average molecular weight is 268 g/mol. The van der Waals surface area contributed by atoms with Gasteiger partial charge in [-0.2, -0.15) is 0 Å². The SMILES string of the molecule is CCCC1NC(=O)C(C(C)(C)C)N(C(C)CC)C1=O. The number of amides is 2. The van der Waals surface area contributed by atoms with Gasteiger partial charge in [0.2, 0.25) is 11.8 Å². The second-order valence-electron chi connectivity index (χ2n) is 6.62. The Bertz CT molecular complexity index is 347. The molecule has 110 valence electrons. The van der Waals surface area contributed by atoms with Crippen molar-refractivity contribution in [2.45, 2.75) is 78.9 Å². The second kappa shape index (κ2) is 5.93. The van der Waals surface area contributed by atoms with E-state index in [1.807, 2.05) is 39.5 Å². The molecule has 1 saturated heterocycles. The Kier molecular flexibility index (Phi) is 4.99. The zero-order valence-corrected chi connectivity index (χ0v) is 13.1. The largest absolute Gasteiger partial charge is 0.342 e. The predicted octanol–water partition coefficient (Wildman–Crippen LogP) is 2.33. The normalized spacial score (nSPS) is 26.3. The monoisotopic (exact) mass is 268 g/mol. The zero-order chi connectivity index (χ0) is 14.8. The van der Waals surface area contributed by atoms with E-state index in [4.69, 9.17) is 0 Å². The first-order chi connectivity index (χ1) is 8.73. The quantitative estimate of drug-likeness (QED) is 0.850. The first kappa shape index (κ1) is 16.0. The standard InChI is InChI=1S/C15H28N2O2/c1-7-9-11-14(19)17(10(3)8-2)12(13(18)16-11)15(4,5)6/h10-12H,7-9H2,1-6H3,(H,16,18). The highest BCUT2D eigenvalue weighted by Gasteiger charge is 2.46. The van der Waals surface area contributed by atoms with Crippen LogP contribution in [-0.2, 0) is 9.59 Å². The molecule has 1 fully saturated rings. The fourth-order valence-electron chi connectivity index (χ4n) is 2.71. The molecule has 1 aliphatic rings. The molecule has 1 N–H and O–H groups in total. The van der Waals surface area contributed by atoms with Crippen LogP contribution in [0.2, 0.25) is 0 Å². The molecule has 0 aromatic carbocycles. The summed E-state index contributed by atoms with van der Waals surface area (Å²) in [5, 5.41) is 2.90. The maximum absolute atomic E-state index is 12.6. The third-order valence-electron chi connectivity index (χ3n) is 3.86. The van der Waals surface area contributed by atoms with Crippen LogP contribution in [0.3, 0.4) is 0 Å². The summed E-state index contributed by atoms with van der Waals surface area (Å²) in [5.74, 6) is 0.0709. The smallest absolute Gasteiger partial charge is 0.246 e. The van der Waals surface area contributed by atoms with Gasteiger partial charge in [-0.05, 0) is 25.2 Å². The Morgan fingerprint density at radius 2 is 1.84 bits per heavy atom. The third-order valence-corrected chi connectivity index (χ3v) is 3.86. The molecular weight excluding hydrogens is 240 g/mol. The molecule has 2 amide bonds. The lowest BCUT2D eigenvalue weighted by Gasteiger charge is -2.47. The lowest BCUT2D eigenvalue weighted by Crippen LogP contribution is -2.68. The number of piperazine rings is 1. The number of carbonyl (C=O) groups is 2. The van der Waals surface area contributed by atoms with E-state index in [-0.39, 0.29) is 35.4 Å². The minimum Gasteiger partial charge on any atom is -0.342 e. The van der Waals surface area contributed by atoms with E-state index in [2.05, 4.69) is 12.2 Å². The Morgan fingerprint density at radius 1 is 1.26 bits per heavy atom. The molecule has 0 aromatic rings. The van der Waals surface area contributed by atoms with Crippen molar-refractivity contribution in [2.24, 2.45) is 5.41 Å². The van der Waals surface area contributed by atoms with Crippen molar-refractivity contribution in [3.05, 3.63) is 0 Å². The van der Waals surface area contributed by atoms with Crippen molar-refractivity contribution in [1.29, 1.82) is 0 Å². The summed E-state index contributed by atoms with van der Waals surface area (Å²) in [5.41, 5.74) is -0.250. The van der Waals surface area contributed by atoms with E-state index in [1.165, 1.54) is 0 Å². The molecule has 1 aliphatic heterocycles. The summed E-state index contributed by atoms with van der Waals surface area (Å²) in [6.45, 7) is 12.2. The van der Waals surface area contributed by atoms with Crippen LogP contribution in [0, 0.1) is 5.41 Å². The Balaban J connectivity index is 3.11. The van der Waals surface area contributed by atoms with Crippen molar-refractivity contribution in [3.8, 4) is 0 Å². The molecular formula is C15H28N2O2. The van der Waals surface area contributed by atoms with Crippen LogP contribution in [0.1, 0.15) is 60.8 Å². The summed E-state index contributed by atoms with van der Waals surface area (Å²) >= 11 is 0. The van der Waals surface area contributed by atoms with E-state index >= 15 is 0 Å². The molecule has 3 unspecified atom stereocenters. The molecule has 0 saturated carbocycles. The molecule has 0 bridgehead atoms. The Labute approximate surface area is 116 Å². The minimum absolute atomic E-state index is 0.00847. The lowest BCUT2D eigenvalue weighted by molar-refractivity contribution is -0.156. The number of nitrogens with zero attached hydrogens (tertiary/aromatic N) is 1. The van der Waals surface area contributed by atoms with E-state index in [9.17, 15) is 9.59 Å². The summed E-state index contributed by atoms with van der Waals surface area (Å²) < 4.78 is 0. The first-order valence-corrected chi connectivity index (χ1v) is 7.36. The summed E-state index contributed by atoms with van der Waals surface area (Å²) in [6.07, 6.45) is 2.48. The fraction of sp³-hybridized carbons (Fsp3) is 0.867. The summed E-state index contributed by atoms with van der Waals surface area (Å²) in [7, 11) is 0. The maximum Gasteiger partial charge on any atom is 0.246 e. The first-order valence-electron chi connectivity index (χ1n) is 7.36. The van der Waals surface area contributed by atoms with Crippen LogP contribution < -0.4 is 5.32 Å². The molecule has 0 aliphatic carbocycles.